The zero-order chi connectivity index (χ0) is 17.9. The van der Waals surface area contributed by atoms with Crippen molar-refractivity contribution in [2.24, 2.45) is 5.92 Å². The number of carbonyl (C=O) groups excluding carboxylic acids is 1. The van der Waals surface area contributed by atoms with Crippen LogP contribution in [-0.4, -0.2) is 38.6 Å². The van der Waals surface area contributed by atoms with Gasteiger partial charge in [0.05, 0.1) is 10.9 Å². The first-order chi connectivity index (χ1) is 12.7. The van der Waals surface area contributed by atoms with Gasteiger partial charge in [0.25, 0.3) is 0 Å². The Labute approximate surface area is 156 Å². The van der Waals surface area contributed by atoms with Gasteiger partial charge < -0.3 is 10.2 Å². The minimum Gasteiger partial charge on any atom is -0.352 e. The fourth-order valence-corrected chi connectivity index (χ4v) is 3.50. The van der Waals surface area contributed by atoms with Crippen molar-refractivity contribution in [2.45, 2.75) is 19.4 Å². The highest BCUT2D eigenvalue weighted by molar-refractivity contribution is 6.33. The molecule has 3 aromatic heterocycles. The molecule has 0 spiro atoms. The van der Waals surface area contributed by atoms with Crippen LogP contribution in [0, 0.1) is 5.92 Å². The molecule has 1 saturated heterocycles. The summed E-state index contributed by atoms with van der Waals surface area (Å²) in [5.41, 5.74) is 1.67. The molecule has 26 heavy (non-hydrogen) atoms. The SMILES string of the molecule is O=C(NCc1ccncc1)[C@H]1CCCN(c2nnc3c(Cl)cccn23)C1. The molecule has 134 valence electrons. The maximum Gasteiger partial charge on any atom is 0.231 e. The summed E-state index contributed by atoms with van der Waals surface area (Å²) >= 11 is 6.18. The van der Waals surface area contributed by atoms with Gasteiger partial charge in [-0.15, -0.1) is 10.2 Å². The van der Waals surface area contributed by atoms with E-state index in [9.17, 15) is 4.79 Å². The standard InChI is InChI=1S/C18H19ClN6O/c19-15-4-2-10-25-16(15)22-23-18(25)24-9-1-3-14(12-24)17(26)21-11-13-5-7-20-8-6-13/h2,4-8,10,14H,1,3,9,11-12H2,(H,21,26)/t14-/m0/s1. The normalized spacial score (nSPS) is 17.4. The number of pyridine rings is 2. The van der Waals surface area contributed by atoms with Crippen molar-refractivity contribution in [2.75, 3.05) is 18.0 Å². The molecule has 1 amide bonds. The second kappa shape index (κ2) is 7.29. The number of anilines is 1. The zero-order valence-corrected chi connectivity index (χ0v) is 14.9. The number of nitrogens with one attached hydrogen (secondary N) is 1. The largest absolute Gasteiger partial charge is 0.352 e. The zero-order valence-electron chi connectivity index (χ0n) is 14.2. The number of piperidine rings is 1. The Kier molecular flexibility index (Phi) is 4.71. The third kappa shape index (κ3) is 3.35. The third-order valence-electron chi connectivity index (χ3n) is 4.66. The molecule has 0 radical (unpaired) electrons. The molecule has 8 heteroatoms. The first-order valence-electron chi connectivity index (χ1n) is 8.63. The minimum atomic E-state index is -0.0721. The first kappa shape index (κ1) is 16.8. The fraction of sp³-hybridized carbons (Fsp3) is 0.333. The molecule has 7 nitrogen and oxygen atoms in total. The molecule has 0 unspecified atom stereocenters. The van der Waals surface area contributed by atoms with Crippen molar-refractivity contribution in [1.29, 1.82) is 0 Å². The Balaban J connectivity index is 1.45. The molecule has 1 atom stereocenters. The van der Waals surface area contributed by atoms with Crippen LogP contribution in [0.3, 0.4) is 0 Å². The lowest BCUT2D eigenvalue weighted by molar-refractivity contribution is -0.125. The van der Waals surface area contributed by atoms with Crippen LogP contribution >= 0.6 is 11.6 Å². The van der Waals surface area contributed by atoms with E-state index in [1.165, 1.54) is 0 Å². The second-order valence-electron chi connectivity index (χ2n) is 6.41. The lowest BCUT2D eigenvalue weighted by atomic mass is 9.97. The summed E-state index contributed by atoms with van der Waals surface area (Å²) in [5.74, 6) is 0.727. The van der Waals surface area contributed by atoms with Crippen LogP contribution in [-0.2, 0) is 11.3 Å². The Bertz CT molecular complexity index is 912. The Hall–Kier alpha value is -2.67. The highest BCUT2D eigenvalue weighted by Crippen LogP contribution is 2.24. The van der Waals surface area contributed by atoms with E-state index in [1.54, 1.807) is 18.5 Å². The topological polar surface area (TPSA) is 75.4 Å². The summed E-state index contributed by atoms with van der Waals surface area (Å²) in [7, 11) is 0. The molecular weight excluding hydrogens is 352 g/mol. The number of nitrogens with zero attached hydrogens (tertiary/aromatic N) is 5. The second-order valence-corrected chi connectivity index (χ2v) is 6.82. The molecule has 4 rings (SSSR count). The van der Waals surface area contributed by atoms with Gasteiger partial charge in [0.15, 0.2) is 5.65 Å². The molecule has 1 aliphatic heterocycles. The van der Waals surface area contributed by atoms with E-state index in [0.717, 1.165) is 30.9 Å². The number of aromatic nitrogens is 4. The smallest absolute Gasteiger partial charge is 0.231 e. The lowest BCUT2D eigenvalue weighted by Crippen LogP contribution is -2.43. The number of halogens is 1. The average molecular weight is 371 g/mol. The summed E-state index contributed by atoms with van der Waals surface area (Å²) in [6.07, 6.45) is 7.15. The number of fused-ring (bicyclic) bond motifs is 1. The van der Waals surface area contributed by atoms with Gasteiger partial charge >= 0.3 is 0 Å². The summed E-state index contributed by atoms with van der Waals surface area (Å²) in [5, 5.41) is 12.0. The van der Waals surface area contributed by atoms with E-state index in [0.29, 0.717) is 23.8 Å². The molecule has 0 aliphatic carbocycles. The summed E-state index contributed by atoms with van der Waals surface area (Å²) in [6.45, 7) is 1.98. The number of carbonyl (C=O) groups is 1. The monoisotopic (exact) mass is 370 g/mol. The molecule has 0 bridgehead atoms. The molecular formula is C18H19ClN6O. The van der Waals surface area contributed by atoms with Crippen LogP contribution in [0.4, 0.5) is 5.95 Å². The molecule has 4 heterocycles. The van der Waals surface area contributed by atoms with Gasteiger partial charge in [-0.05, 0) is 42.7 Å². The highest BCUT2D eigenvalue weighted by atomic mass is 35.5. The summed E-state index contributed by atoms with van der Waals surface area (Å²) in [4.78, 5) is 18.7. The summed E-state index contributed by atoms with van der Waals surface area (Å²) in [6, 6.07) is 7.46. The van der Waals surface area contributed by atoms with Gasteiger partial charge in [-0.3, -0.25) is 14.2 Å². The van der Waals surface area contributed by atoms with E-state index in [1.807, 2.05) is 28.8 Å². The van der Waals surface area contributed by atoms with Gasteiger partial charge in [0, 0.05) is 38.2 Å². The van der Waals surface area contributed by atoms with Crippen LogP contribution in [0.1, 0.15) is 18.4 Å². The van der Waals surface area contributed by atoms with Crippen LogP contribution in [0.25, 0.3) is 5.65 Å². The summed E-state index contributed by atoms with van der Waals surface area (Å²) < 4.78 is 1.87. The van der Waals surface area contributed by atoms with Crippen molar-refractivity contribution in [1.82, 2.24) is 24.9 Å². The van der Waals surface area contributed by atoms with E-state index in [-0.39, 0.29) is 11.8 Å². The van der Waals surface area contributed by atoms with Gasteiger partial charge in [-0.1, -0.05) is 11.6 Å². The van der Waals surface area contributed by atoms with Crippen molar-refractivity contribution in [3.05, 3.63) is 53.4 Å². The lowest BCUT2D eigenvalue weighted by Gasteiger charge is -2.32. The molecule has 0 aromatic carbocycles. The van der Waals surface area contributed by atoms with Crippen LogP contribution in [0.5, 0.6) is 0 Å². The van der Waals surface area contributed by atoms with Crippen LogP contribution in [0.2, 0.25) is 5.02 Å². The van der Waals surface area contributed by atoms with Crippen molar-refractivity contribution in [3.63, 3.8) is 0 Å². The van der Waals surface area contributed by atoms with Crippen LogP contribution < -0.4 is 10.2 Å². The first-order valence-corrected chi connectivity index (χ1v) is 9.01. The predicted octanol–water partition coefficient (Wildman–Crippen LogP) is 2.31. The maximum absolute atomic E-state index is 12.6. The van der Waals surface area contributed by atoms with E-state index >= 15 is 0 Å². The highest BCUT2D eigenvalue weighted by Gasteiger charge is 2.28. The Morgan fingerprint density at radius 2 is 2.12 bits per heavy atom. The molecule has 1 N–H and O–H groups in total. The Morgan fingerprint density at radius 1 is 1.27 bits per heavy atom. The van der Waals surface area contributed by atoms with E-state index in [2.05, 4.69) is 25.4 Å². The number of rotatable bonds is 4. The van der Waals surface area contributed by atoms with Crippen molar-refractivity contribution < 1.29 is 4.79 Å². The maximum atomic E-state index is 12.6. The molecule has 1 aliphatic rings. The van der Waals surface area contributed by atoms with Crippen molar-refractivity contribution >= 4 is 29.1 Å². The van der Waals surface area contributed by atoms with Crippen molar-refractivity contribution in [3.8, 4) is 0 Å². The average Bonchev–Trinajstić information content (AvgIpc) is 3.12. The predicted molar refractivity (Wildman–Crippen MR) is 99.0 cm³/mol. The van der Waals surface area contributed by atoms with Crippen LogP contribution in [0.15, 0.2) is 42.9 Å². The van der Waals surface area contributed by atoms with Gasteiger partial charge in [0.2, 0.25) is 11.9 Å². The van der Waals surface area contributed by atoms with E-state index in [4.69, 9.17) is 11.6 Å². The Morgan fingerprint density at radius 3 is 2.96 bits per heavy atom. The number of hydrogen-bond donors (Lipinski definition) is 1. The number of amides is 1. The third-order valence-corrected chi connectivity index (χ3v) is 4.96. The molecule has 0 saturated carbocycles. The van der Waals surface area contributed by atoms with Gasteiger partial charge in [-0.2, -0.15) is 0 Å². The quantitative estimate of drug-likeness (QED) is 0.762. The molecule has 3 aromatic rings. The fourth-order valence-electron chi connectivity index (χ4n) is 3.29. The molecule has 1 fully saturated rings. The van der Waals surface area contributed by atoms with Gasteiger partial charge in [0.1, 0.15) is 0 Å². The minimum absolute atomic E-state index is 0.0679. The van der Waals surface area contributed by atoms with E-state index < -0.39 is 0 Å². The van der Waals surface area contributed by atoms with Gasteiger partial charge in [-0.25, -0.2) is 0 Å². The number of hydrogen-bond acceptors (Lipinski definition) is 5.